The number of esters is 2. The first-order valence-electron chi connectivity index (χ1n) is 9.69. The van der Waals surface area contributed by atoms with Gasteiger partial charge >= 0.3 is 11.9 Å². The molecule has 0 atom stereocenters. The van der Waals surface area contributed by atoms with Gasteiger partial charge in [0.1, 0.15) is 0 Å². The van der Waals surface area contributed by atoms with E-state index >= 15 is 0 Å². The summed E-state index contributed by atoms with van der Waals surface area (Å²) in [6, 6.07) is 19.5. The van der Waals surface area contributed by atoms with E-state index < -0.39 is 11.9 Å². The fourth-order valence-electron chi connectivity index (χ4n) is 3.13. The molecule has 3 aromatic rings. The number of benzene rings is 3. The number of cyclic esters (lactones) is 1. The predicted molar refractivity (Wildman–Crippen MR) is 124 cm³/mol. The van der Waals surface area contributed by atoms with E-state index in [4.69, 9.17) is 14.2 Å². The molecule has 0 unspecified atom stereocenters. The van der Waals surface area contributed by atoms with E-state index in [0.29, 0.717) is 22.4 Å². The summed E-state index contributed by atoms with van der Waals surface area (Å²) >= 11 is 3.43. The monoisotopic (exact) mass is 491 g/mol. The number of methoxy groups -OCH3 is 1. The average Bonchev–Trinajstić information content (AvgIpc) is 3.15. The van der Waals surface area contributed by atoms with Gasteiger partial charge in [-0.2, -0.15) is 0 Å². The van der Waals surface area contributed by atoms with Gasteiger partial charge in [-0.25, -0.2) is 14.6 Å². The lowest BCUT2D eigenvalue weighted by Crippen LogP contribution is -2.10. The Balaban J connectivity index is 1.60. The molecule has 0 bridgehead atoms. The molecule has 3 aromatic carbocycles. The SMILES string of the molecule is COc1cc(/C=C2\N=C(c3ccccc3Br)OC2=O)ccc1OC(=O)c1ccccc1C. The second-order valence-corrected chi connectivity index (χ2v) is 7.78. The molecule has 160 valence electrons. The average molecular weight is 492 g/mol. The van der Waals surface area contributed by atoms with E-state index in [-0.39, 0.29) is 17.3 Å². The third-order valence-corrected chi connectivity index (χ3v) is 5.47. The van der Waals surface area contributed by atoms with Gasteiger partial charge in [0, 0.05) is 4.47 Å². The van der Waals surface area contributed by atoms with Crippen LogP contribution in [-0.4, -0.2) is 24.9 Å². The number of halogens is 1. The molecule has 0 spiro atoms. The van der Waals surface area contributed by atoms with Crippen molar-refractivity contribution < 1.29 is 23.8 Å². The van der Waals surface area contributed by atoms with Crippen LogP contribution >= 0.6 is 15.9 Å². The molecule has 0 aliphatic carbocycles. The van der Waals surface area contributed by atoms with Crippen molar-refractivity contribution in [3.05, 3.63) is 99.2 Å². The smallest absolute Gasteiger partial charge is 0.363 e. The predicted octanol–water partition coefficient (Wildman–Crippen LogP) is 5.33. The van der Waals surface area contributed by atoms with Crippen LogP contribution in [0.1, 0.15) is 27.0 Å². The quantitative estimate of drug-likeness (QED) is 0.274. The van der Waals surface area contributed by atoms with Gasteiger partial charge in [0.2, 0.25) is 5.90 Å². The highest BCUT2D eigenvalue weighted by Crippen LogP contribution is 2.31. The normalized spacial score (nSPS) is 14.2. The summed E-state index contributed by atoms with van der Waals surface area (Å²) in [5.41, 5.74) is 2.77. The van der Waals surface area contributed by atoms with Crippen LogP contribution in [0.4, 0.5) is 0 Å². The van der Waals surface area contributed by atoms with Crippen molar-refractivity contribution in [1.29, 1.82) is 0 Å². The van der Waals surface area contributed by atoms with Gasteiger partial charge in [-0.3, -0.25) is 0 Å². The van der Waals surface area contributed by atoms with Crippen LogP contribution in [0.25, 0.3) is 6.08 Å². The van der Waals surface area contributed by atoms with Crippen molar-refractivity contribution in [2.75, 3.05) is 7.11 Å². The van der Waals surface area contributed by atoms with Crippen molar-refractivity contribution in [2.45, 2.75) is 6.92 Å². The Hall–Kier alpha value is -3.71. The molecule has 1 aliphatic heterocycles. The van der Waals surface area contributed by atoms with Crippen molar-refractivity contribution in [2.24, 2.45) is 4.99 Å². The van der Waals surface area contributed by atoms with E-state index in [1.807, 2.05) is 37.3 Å². The van der Waals surface area contributed by atoms with Crippen LogP contribution in [0.3, 0.4) is 0 Å². The van der Waals surface area contributed by atoms with Gasteiger partial charge in [-0.1, -0.05) is 36.4 Å². The van der Waals surface area contributed by atoms with Gasteiger partial charge in [-0.15, -0.1) is 0 Å². The summed E-state index contributed by atoms with van der Waals surface area (Å²) in [5, 5.41) is 0. The number of hydrogen-bond donors (Lipinski definition) is 0. The van der Waals surface area contributed by atoms with E-state index in [0.717, 1.165) is 10.0 Å². The lowest BCUT2D eigenvalue weighted by molar-refractivity contribution is -0.129. The highest BCUT2D eigenvalue weighted by Gasteiger charge is 2.25. The molecule has 0 saturated heterocycles. The van der Waals surface area contributed by atoms with Crippen LogP contribution < -0.4 is 9.47 Å². The van der Waals surface area contributed by atoms with Crippen molar-refractivity contribution in [3.63, 3.8) is 0 Å². The summed E-state index contributed by atoms with van der Waals surface area (Å²) in [6.07, 6.45) is 1.58. The number of carbonyl (C=O) groups is 2. The van der Waals surface area contributed by atoms with Gasteiger partial charge in [0.15, 0.2) is 17.2 Å². The maximum atomic E-state index is 12.5. The molecule has 1 aliphatic rings. The number of aryl methyl sites for hydroxylation is 1. The Kier molecular flexibility index (Phi) is 6.18. The van der Waals surface area contributed by atoms with Crippen molar-refractivity contribution in [1.82, 2.24) is 0 Å². The fraction of sp³-hybridized carbons (Fsp3) is 0.0800. The Bertz CT molecular complexity index is 1280. The minimum atomic E-state index is -0.551. The second-order valence-electron chi connectivity index (χ2n) is 6.93. The third-order valence-electron chi connectivity index (χ3n) is 4.78. The standard InChI is InChI=1S/C25H18BrNO5/c1-15-7-3-4-8-17(15)24(28)31-21-12-11-16(14-22(21)30-2)13-20-25(29)32-23(27-20)18-9-5-6-10-19(18)26/h3-14H,1-2H3/b20-13-. The Morgan fingerprint density at radius 2 is 1.78 bits per heavy atom. The molecule has 0 saturated carbocycles. The van der Waals surface area contributed by atoms with E-state index in [1.165, 1.54) is 7.11 Å². The summed E-state index contributed by atoms with van der Waals surface area (Å²) < 4.78 is 17.0. The highest BCUT2D eigenvalue weighted by atomic mass is 79.9. The summed E-state index contributed by atoms with van der Waals surface area (Å²) in [6.45, 7) is 1.84. The zero-order valence-electron chi connectivity index (χ0n) is 17.3. The van der Waals surface area contributed by atoms with Gasteiger partial charge < -0.3 is 14.2 Å². The lowest BCUT2D eigenvalue weighted by Gasteiger charge is -2.11. The van der Waals surface area contributed by atoms with Crippen LogP contribution in [0, 0.1) is 6.92 Å². The number of hydrogen-bond acceptors (Lipinski definition) is 6. The molecule has 32 heavy (non-hydrogen) atoms. The zero-order chi connectivity index (χ0) is 22.7. The Labute approximate surface area is 193 Å². The molecule has 6 nitrogen and oxygen atoms in total. The molecule has 4 rings (SSSR count). The van der Waals surface area contributed by atoms with Gasteiger partial charge in [0.25, 0.3) is 0 Å². The van der Waals surface area contributed by atoms with E-state index in [2.05, 4.69) is 20.9 Å². The third kappa shape index (κ3) is 4.48. The number of nitrogens with zero attached hydrogens (tertiary/aromatic N) is 1. The molecule has 0 radical (unpaired) electrons. The topological polar surface area (TPSA) is 74.2 Å². The Morgan fingerprint density at radius 3 is 2.53 bits per heavy atom. The van der Waals surface area contributed by atoms with Crippen LogP contribution in [-0.2, 0) is 9.53 Å². The minimum Gasteiger partial charge on any atom is -0.493 e. The van der Waals surface area contributed by atoms with Crippen molar-refractivity contribution in [3.8, 4) is 11.5 Å². The van der Waals surface area contributed by atoms with Crippen LogP contribution in [0.5, 0.6) is 11.5 Å². The zero-order valence-corrected chi connectivity index (χ0v) is 18.9. The number of aliphatic imine (C=N–C) groups is 1. The molecule has 0 aromatic heterocycles. The summed E-state index contributed by atoms with van der Waals surface area (Å²) in [7, 11) is 1.48. The molecule has 0 N–H and O–H groups in total. The molecule has 1 heterocycles. The highest BCUT2D eigenvalue weighted by molar-refractivity contribution is 9.10. The summed E-state index contributed by atoms with van der Waals surface area (Å²) in [5.74, 6) is -0.180. The number of ether oxygens (including phenoxy) is 3. The van der Waals surface area contributed by atoms with E-state index in [1.54, 1.807) is 42.5 Å². The molecule has 0 fully saturated rings. The Morgan fingerprint density at radius 1 is 1.03 bits per heavy atom. The largest absolute Gasteiger partial charge is 0.493 e. The maximum absolute atomic E-state index is 12.5. The van der Waals surface area contributed by atoms with Crippen LogP contribution in [0.15, 0.2) is 81.9 Å². The molecule has 7 heteroatoms. The molecule has 0 amide bonds. The first-order valence-corrected chi connectivity index (χ1v) is 10.5. The molecular formula is C25H18BrNO5. The van der Waals surface area contributed by atoms with E-state index in [9.17, 15) is 9.59 Å². The van der Waals surface area contributed by atoms with Crippen molar-refractivity contribution >= 4 is 39.8 Å². The first kappa shape index (κ1) is 21.5. The molecular weight excluding hydrogens is 474 g/mol. The number of rotatable bonds is 5. The summed E-state index contributed by atoms with van der Waals surface area (Å²) in [4.78, 5) is 29.2. The fourth-order valence-corrected chi connectivity index (χ4v) is 3.59. The van der Waals surface area contributed by atoms with Gasteiger partial charge in [-0.05, 0) is 70.4 Å². The van der Waals surface area contributed by atoms with Gasteiger partial charge in [0.05, 0.1) is 18.2 Å². The maximum Gasteiger partial charge on any atom is 0.363 e. The number of carbonyl (C=O) groups excluding carboxylic acids is 2. The first-order chi connectivity index (χ1) is 15.5. The lowest BCUT2D eigenvalue weighted by atomic mass is 10.1. The van der Waals surface area contributed by atoms with Crippen LogP contribution in [0.2, 0.25) is 0 Å². The minimum absolute atomic E-state index is 0.155. The second kappa shape index (κ2) is 9.20.